The molecule has 1 aliphatic rings. The molecular formula is C27H24N4O2S3. The SMILES string of the molecule is C=CCn1c(SCC(=O)Nc2sc3c(c2C#N)CCCCC3)nc2scc(-c3ccccc3)c2c1=O. The van der Waals surface area contributed by atoms with E-state index in [-0.39, 0.29) is 17.2 Å². The molecule has 1 amide bonds. The highest BCUT2D eigenvalue weighted by atomic mass is 32.2. The number of fused-ring (bicyclic) bond motifs is 2. The number of nitrogens with one attached hydrogen (secondary N) is 1. The van der Waals surface area contributed by atoms with Crippen molar-refractivity contribution in [3.8, 4) is 17.2 Å². The first-order chi connectivity index (χ1) is 17.6. The van der Waals surface area contributed by atoms with Crippen molar-refractivity contribution in [3.05, 3.63) is 74.7 Å². The van der Waals surface area contributed by atoms with Crippen LogP contribution < -0.4 is 10.9 Å². The van der Waals surface area contributed by atoms with E-state index in [0.29, 0.717) is 32.5 Å². The number of allylic oxidation sites excluding steroid dienone is 1. The van der Waals surface area contributed by atoms with Crippen LogP contribution in [0.2, 0.25) is 0 Å². The number of thiophene rings is 2. The standard InChI is InChI=1S/C27H24N4O2S3/c1-2-13-31-26(33)23-20(17-9-5-3-6-10-17)15-34-25(23)30-27(31)35-16-22(32)29-24-19(14-28)18-11-7-4-8-12-21(18)36-24/h2-3,5-6,9-10,15H,1,4,7-8,11-13,16H2,(H,29,32). The summed E-state index contributed by atoms with van der Waals surface area (Å²) in [7, 11) is 0. The molecule has 6 nitrogen and oxygen atoms in total. The molecule has 0 aliphatic heterocycles. The van der Waals surface area contributed by atoms with Gasteiger partial charge in [-0.05, 0) is 36.8 Å². The molecule has 0 saturated carbocycles. The number of nitriles is 1. The van der Waals surface area contributed by atoms with E-state index >= 15 is 0 Å². The number of aryl methyl sites for hydroxylation is 1. The average Bonchev–Trinajstić information content (AvgIpc) is 3.38. The number of aromatic nitrogens is 2. The number of amides is 1. The number of hydrogen-bond donors (Lipinski definition) is 1. The van der Waals surface area contributed by atoms with Crippen molar-refractivity contribution in [2.75, 3.05) is 11.1 Å². The second-order valence-corrected chi connectivity index (χ2v) is 11.4. The van der Waals surface area contributed by atoms with E-state index in [1.807, 2.05) is 35.7 Å². The number of carbonyl (C=O) groups is 1. The molecule has 1 aromatic carbocycles. The van der Waals surface area contributed by atoms with Gasteiger partial charge in [-0.3, -0.25) is 14.2 Å². The van der Waals surface area contributed by atoms with Gasteiger partial charge in [-0.25, -0.2) is 4.98 Å². The van der Waals surface area contributed by atoms with Gasteiger partial charge in [0.15, 0.2) is 5.16 Å². The lowest BCUT2D eigenvalue weighted by Gasteiger charge is -2.11. The first-order valence-electron chi connectivity index (χ1n) is 11.8. The molecule has 9 heteroatoms. The maximum Gasteiger partial charge on any atom is 0.263 e. The number of carbonyl (C=O) groups excluding carboxylic acids is 1. The number of rotatable bonds is 7. The van der Waals surface area contributed by atoms with E-state index in [9.17, 15) is 14.9 Å². The molecule has 1 aliphatic carbocycles. The van der Waals surface area contributed by atoms with E-state index < -0.39 is 0 Å². The van der Waals surface area contributed by atoms with Crippen LogP contribution >= 0.6 is 34.4 Å². The monoisotopic (exact) mass is 532 g/mol. The number of anilines is 1. The Morgan fingerprint density at radius 2 is 2.06 bits per heavy atom. The van der Waals surface area contributed by atoms with Crippen molar-refractivity contribution in [2.24, 2.45) is 0 Å². The number of hydrogen-bond acceptors (Lipinski definition) is 7. The molecule has 4 aromatic rings. The molecule has 0 saturated heterocycles. The second kappa shape index (κ2) is 10.8. The zero-order chi connectivity index (χ0) is 25.1. The summed E-state index contributed by atoms with van der Waals surface area (Å²) in [5, 5.41) is 16.3. The van der Waals surface area contributed by atoms with Crippen LogP contribution in [0.3, 0.4) is 0 Å². The van der Waals surface area contributed by atoms with Crippen molar-refractivity contribution in [1.82, 2.24) is 9.55 Å². The minimum absolute atomic E-state index is 0.0828. The maximum absolute atomic E-state index is 13.5. The Kier molecular flexibility index (Phi) is 7.37. The summed E-state index contributed by atoms with van der Waals surface area (Å²) in [6.45, 7) is 4.09. The van der Waals surface area contributed by atoms with Gasteiger partial charge in [0.1, 0.15) is 15.9 Å². The second-order valence-electron chi connectivity index (χ2n) is 8.51. The topological polar surface area (TPSA) is 87.8 Å². The number of benzene rings is 1. The van der Waals surface area contributed by atoms with Crippen molar-refractivity contribution in [3.63, 3.8) is 0 Å². The van der Waals surface area contributed by atoms with Crippen LogP contribution in [0.15, 0.2) is 58.3 Å². The van der Waals surface area contributed by atoms with Crippen molar-refractivity contribution >= 4 is 55.6 Å². The Labute approximate surface area is 221 Å². The normalized spacial score (nSPS) is 13.1. The van der Waals surface area contributed by atoms with Crippen LogP contribution in [-0.2, 0) is 24.2 Å². The van der Waals surface area contributed by atoms with Crippen molar-refractivity contribution < 1.29 is 4.79 Å². The summed E-state index contributed by atoms with van der Waals surface area (Å²) in [5.74, 6) is -0.136. The summed E-state index contributed by atoms with van der Waals surface area (Å²) in [4.78, 5) is 33.0. The third-order valence-electron chi connectivity index (χ3n) is 6.17. The molecule has 0 unspecified atom stereocenters. The van der Waals surface area contributed by atoms with Gasteiger partial charge in [0.2, 0.25) is 5.91 Å². The van der Waals surface area contributed by atoms with Crippen LogP contribution in [0.25, 0.3) is 21.3 Å². The van der Waals surface area contributed by atoms with Crippen molar-refractivity contribution in [1.29, 1.82) is 5.26 Å². The number of nitrogens with zero attached hydrogens (tertiary/aromatic N) is 3. The minimum atomic E-state index is -0.219. The average molecular weight is 533 g/mol. The molecule has 0 bridgehead atoms. The summed E-state index contributed by atoms with van der Waals surface area (Å²) < 4.78 is 1.57. The summed E-state index contributed by atoms with van der Waals surface area (Å²) in [6.07, 6.45) is 6.87. The predicted octanol–water partition coefficient (Wildman–Crippen LogP) is 6.24. The van der Waals surface area contributed by atoms with Gasteiger partial charge in [0.05, 0.1) is 16.7 Å². The molecule has 3 heterocycles. The van der Waals surface area contributed by atoms with Crippen LogP contribution in [0, 0.1) is 11.3 Å². The first-order valence-corrected chi connectivity index (χ1v) is 14.4. The Bertz CT molecular complexity index is 1540. The smallest absolute Gasteiger partial charge is 0.263 e. The summed E-state index contributed by atoms with van der Waals surface area (Å²) in [6, 6.07) is 12.1. The Morgan fingerprint density at radius 3 is 2.83 bits per heavy atom. The third kappa shape index (κ3) is 4.76. The molecule has 5 rings (SSSR count). The zero-order valence-electron chi connectivity index (χ0n) is 19.6. The van der Waals surface area contributed by atoms with Gasteiger partial charge in [-0.15, -0.1) is 29.3 Å². The molecule has 0 spiro atoms. The lowest BCUT2D eigenvalue weighted by molar-refractivity contribution is -0.113. The zero-order valence-corrected chi connectivity index (χ0v) is 22.0. The van der Waals surface area contributed by atoms with E-state index in [4.69, 9.17) is 4.98 Å². The van der Waals surface area contributed by atoms with Gasteiger partial charge in [0, 0.05) is 22.4 Å². The van der Waals surface area contributed by atoms with Gasteiger partial charge < -0.3 is 5.32 Å². The van der Waals surface area contributed by atoms with Crippen LogP contribution in [0.5, 0.6) is 0 Å². The molecule has 36 heavy (non-hydrogen) atoms. The quantitative estimate of drug-likeness (QED) is 0.132. The highest BCUT2D eigenvalue weighted by molar-refractivity contribution is 7.99. The van der Waals surface area contributed by atoms with Crippen molar-refractivity contribution in [2.45, 2.75) is 43.8 Å². The molecule has 3 aromatic heterocycles. The molecule has 1 N–H and O–H groups in total. The van der Waals surface area contributed by atoms with Gasteiger partial charge in [-0.2, -0.15) is 5.26 Å². The fraction of sp³-hybridized carbons (Fsp3) is 0.259. The van der Waals surface area contributed by atoms with Crippen LogP contribution in [0.1, 0.15) is 35.3 Å². The minimum Gasteiger partial charge on any atom is -0.316 e. The Hall–Kier alpha value is -3.19. The lowest BCUT2D eigenvalue weighted by atomic mass is 10.1. The Balaban J connectivity index is 1.40. The fourth-order valence-electron chi connectivity index (χ4n) is 4.48. The highest BCUT2D eigenvalue weighted by Gasteiger charge is 2.22. The summed E-state index contributed by atoms with van der Waals surface area (Å²) in [5.41, 5.74) is 3.39. The van der Waals surface area contributed by atoms with Gasteiger partial charge in [-0.1, -0.05) is 54.6 Å². The fourth-order valence-corrected chi connectivity index (χ4v) is 7.53. The maximum atomic E-state index is 13.5. The third-order valence-corrected chi connectivity index (χ3v) is 9.23. The van der Waals surface area contributed by atoms with E-state index in [0.717, 1.165) is 42.4 Å². The summed E-state index contributed by atoms with van der Waals surface area (Å²) >= 11 is 4.16. The van der Waals surface area contributed by atoms with E-state index in [1.165, 1.54) is 45.7 Å². The molecular weight excluding hydrogens is 509 g/mol. The Morgan fingerprint density at radius 1 is 1.25 bits per heavy atom. The largest absolute Gasteiger partial charge is 0.316 e. The van der Waals surface area contributed by atoms with Gasteiger partial charge >= 0.3 is 0 Å². The predicted molar refractivity (Wildman–Crippen MR) is 149 cm³/mol. The number of thioether (sulfide) groups is 1. The van der Waals surface area contributed by atoms with E-state index in [1.54, 1.807) is 10.6 Å². The molecule has 0 atom stereocenters. The highest BCUT2D eigenvalue weighted by Crippen LogP contribution is 2.37. The van der Waals surface area contributed by atoms with Gasteiger partial charge in [0.25, 0.3) is 5.56 Å². The molecule has 0 fully saturated rings. The first kappa shape index (κ1) is 24.5. The molecule has 0 radical (unpaired) electrons. The van der Waals surface area contributed by atoms with Crippen LogP contribution in [0.4, 0.5) is 5.00 Å². The van der Waals surface area contributed by atoms with Crippen LogP contribution in [-0.4, -0.2) is 21.2 Å². The lowest BCUT2D eigenvalue weighted by Crippen LogP contribution is -2.23. The molecule has 182 valence electrons. The van der Waals surface area contributed by atoms with E-state index in [2.05, 4.69) is 18.0 Å².